The monoisotopic (exact) mass is 217 g/mol. The number of methoxy groups -OCH3 is 1. The first kappa shape index (κ1) is 14.9. The third-order valence-corrected chi connectivity index (χ3v) is 3.38. The van der Waals surface area contributed by atoms with E-state index in [1.54, 1.807) is 7.11 Å². The summed E-state index contributed by atoms with van der Waals surface area (Å²) in [7, 11) is 1.72. The van der Waals surface area contributed by atoms with Crippen molar-refractivity contribution < 1.29 is 9.84 Å². The molecular weight excluding hydrogens is 190 g/mol. The van der Waals surface area contributed by atoms with E-state index in [2.05, 4.69) is 19.2 Å². The van der Waals surface area contributed by atoms with Gasteiger partial charge in [0.05, 0.1) is 11.2 Å². The van der Waals surface area contributed by atoms with Crippen LogP contribution in [0.25, 0.3) is 0 Å². The Morgan fingerprint density at radius 1 is 1.07 bits per heavy atom. The summed E-state index contributed by atoms with van der Waals surface area (Å²) in [5, 5.41) is 13.3. The third kappa shape index (κ3) is 4.96. The van der Waals surface area contributed by atoms with E-state index in [0.29, 0.717) is 0 Å². The first-order valence-corrected chi connectivity index (χ1v) is 5.54. The maximum absolute atomic E-state index is 9.94. The quantitative estimate of drug-likeness (QED) is 0.714. The Labute approximate surface area is 94.2 Å². The molecule has 3 heteroatoms. The fraction of sp³-hybridized carbons (Fsp3) is 1.00. The van der Waals surface area contributed by atoms with E-state index in [0.717, 1.165) is 13.0 Å². The molecule has 15 heavy (non-hydrogen) atoms. The molecule has 3 nitrogen and oxygen atoms in total. The maximum atomic E-state index is 9.94. The molecule has 0 aliphatic heterocycles. The van der Waals surface area contributed by atoms with Crippen LogP contribution in [-0.2, 0) is 4.74 Å². The highest BCUT2D eigenvalue weighted by molar-refractivity contribution is 4.93. The van der Waals surface area contributed by atoms with Gasteiger partial charge in [-0.3, -0.25) is 0 Å². The van der Waals surface area contributed by atoms with Gasteiger partial charge < -0.3 is 15.2 Å². The second-order valence-corrected chi connectivity index (χ2v) is 5.82. The van der Waals surface area contributed by atoms with Gasteiger partial charge in [-0.05, 0) is 54.5 Å². The van der Waals surface area contributed by atoms with Crippen molar-refractivity contribution in [3.8, 4) is 0 Å². The molecule has 0 bridgehead atoms. The van der Waals surface area contributed by atoms with Crippen LogP contribution in [0.1, 0.15) is 48.0 Å². The molecule has 0 unspecified atom stereocenters. The zero-order chi connectivity index (χ0) is 12.3. The summed E-state index contributed by atoms with van der Waals surface area (Å²) in [5.74, 6) is 0. The van der Waals surface area contributed by atoms with E-state index in [9.17, 15) is 5.11 Å². The van der Waals surface area contributed by atoms with Gasteiger partial charge in [0.1, 0.15) is 0 Å². The highest BCUT2D eigenvalue weighted by atomic mass is 16.5. The zero-order valence-corrected chi connectivity index (χ0v) is 11.3. The van der Waals surface area contributed by atoms with Gasteiger partial charge >= 0.3 is 0 Å². The molecule has 0 aromatic heterocycles. The Morgan fingerprint density at radius 3 is 1.87 bits per heavy atom. The average Bonchev–Trinajstić information content (AvgIpc) is 2.01. The molecule has 0 aliphatic rings. The Hall–Kier alpha value is -0.120. The predicted molar refractivity (Wildman–Crippen MR) is 64.1 cm³/mol. The highest BCUT2D eigenvalue weighted by Gasteiger charge is 2.34. The van der Waals surface area contributed by atoms with Gasteiger partial charge in [-0.25, -0.2) is 0 Å². The summed E-state index contributed by atoms with van der Waals surface area (Å²) in [6.07, 6.45) is 0.920. The molecule has 0 fully saturated rings. The van der Waals surface area contributed by atoms with E-state index in [1.807, 2.05) is 27.7 Å². The largest absolute Gasteiger partial charge is 0.389 e. The second kappa shape index (κ2) is 4.81. The van der Waals surface area contributed by atoms with Crippen molar-refractivity contribution in [2.45, 2.75) is 64.7 Å². The summed E-state index contributed by atoms with van der Waals surface area (Å²) >= 11 is 0. The standard InChI is InChI=1S/C12H27NO2/c1-10(2,15-7)8-9-13-11(3,4)12(5,6)14/h13-14H,8-9H2,1-7H3. The Morgan fingerprint density at radius 2 is 1.53 bits per heavy atom. The Kier molecular flexibility index (Phi) is 4.77. The van der Waals surface area contributed by atoms with Gasteiger partial charge in [0.15, 0.2) is 0 Å². The lowest BCUT2D eigenvalue weighted by Gasteiger charge is -2.39. The van der Waals surface area contributed by atoms with Crippen molar-refractivity contribution in [3.63, 3.8) is 0 Å². The van der Waals surface area contributed by atoms with Crippen molar-refractivity contribution in [1.29, 1.82) is 0 Å². The van der Waals surface area contributed by atoms with Crippen LogP contribution in [-0.4, -0.2) is 35.5 Å². The minimum Gasteiger partial charge on any atom is -0.389 e. The van der Waals surface area contributed by atoms with E-state index < -0.39 is 5.60 Å². The van der Waals surface area contributed by atoms with Crippen LogP contribution in [0.15, 0.2) is 0 Å². The zero-order valence-electron chi connectivity index (χ0n) is 11.3. The van der Waals surface area contributed by atoms with Crippen LogP contribution in [0.4, 0.5) is 0 Å². The molecule has 0 spiro atoms. The van der Waals surface area contributed by atoms with Crippen LogP contribution >= 0.6 is 0 Å². The van der Waals surface area contributed by atoms with Gasteiger partial charge in [0.2, 0.25) is 0 Å². The number of rotatable bonds is 6. The SMILES string of the molecule is COC(C)(C)CCNC(C)(C)C(C)(C)O. The highest BCUT2D eigenvalue weighted by Crippen LogP contribution is 2.21. The van der Waals surface area contributed by atoms with Gasteiger partial charge in [0, 0.05) is 12.6 Å². The first-order valence-electron chi connectivity index (χ1n) is 5.54. The van der Waals surface area contributed by atoms with Gasteiger partial charge in [0.25, 0.3) is 0 Å². The van der Waals surface area contributed by atoms with Crippen LogP contribution in [0.3, 0.4) is 0 Å². The van der Waals surface area contributed by atoms with Crippen molar-refractivity contribution in [2.75, 3.05) is 13.7 Å². The fourth-order valence-corrected chi connectivity index (χ4v) is 0.994. The molecule has 0 aliphatic carbocycles. The molecule has 2 N–H and O–H groups in total. The summed E-state index contributed by atoms with van der Waals surface area (Å²) in [5.41, 5.74) is -1.14. The topological polar surface area (TPSA) is 41.5 Å². The lowest BCUT2D eigenvalue weighted by Crippen LogP contribution is -2.56. The molecule has 0 atom stereocenters. The number of ether oxygens (including phenoxy) is 1. The van der Waals surface area contributed by atoms with Gasteiger partial charge in [-0.15, -0.1) is 0 Å². The Balaban J connectivity index is 4.07. The third-order valence-electron chi connectivity index (χ3n) is 3.38. The Bertz CT molecular complexity index is 192. The van der Waals surface area contributed by atoms with Crippen LogP contribution < -0.4 is 5.32 Å². The number of nitrogens with one attached hydrogen (secondary N) is 1. The summed E-state index contributed by atoms with van der Waals surface area (Å²) in [4.78, 5) is 0. The lowest BCUT2D eigenvalue weighted by atomic mass is 9.85. The van der Waals surface area contributed by atoms with Crippen molar-refractivity contribution in [3.05, 3.63) is 0 Å². The smallest absolute Gasteiger partial charge is 0.0767 e. The maximum Gasteiger partial charge on any atom is 0.0767 e. The summed E-state index contributed by atoms with van der Waals surface area (Å²) < 4.78 is 5.34. The van der Waals surface area contributed by atoms with Crippen molar-refractivity contribution >= 4 is 0 Å². The fourth-order valence-electron chi connectivity index (χ4n) is 0.994. The van der Waals surface area contributed by atoms with E-state index in [1.165, 1.54) is 0 Å². The normalized spacial score (nSPS) is 14.4. The number of hydrogen-bond acceptors (Lipinski definition) is 3. The molecule has 0 amide bonds. The molecular formula is C12H27NO2. The summed E-state index contributed by atoms with van der Waals surface area (Å²) in [6.45, 7) is 12.6. The molecule has 0 rings (SSSR count). The molecule has 0 radical (unpaired) electrons. The number of hydrogen-bond donors (Lipinski definition) is 2. The molecule has 0 saturated heterocycles. The second-order valence-electron chi connectivity index (χ2n) is 5.82. The number of aliphatic hydroxyl groups is 1. The lowest BCUT2D eigenvalue weighted by molar-refractivity contribution is -0.0148. The molecule has 0 aromatic carbocycles. The molecule has 92 valence electrons. The average molecular weight is 217 g/mol. The molecule has 0 aromatic rings. The van der Waals surface area contributed by atoms with Crippen molar-refractivity contribution in [2.24, 2.45) is 0 Å². The van der Waals surface area contributed by atoms with E-state index >= 15 is 0 Å². The first-order chi connectivity index (χ1) is 6.52. The minimum atomic E-state index is -0.732. The summed E-state index contributed by atoms with van der Waals surface area (Å²) in [6, 6.07) is 0. The molecule has 0 saturated carbocycles. The van der Waals surface area contributed by atoms with Gasteiger partial charge in [-0.1, -0.05) is 0 Å². The van der Waals surface area contributed by atoms with Crippen LogP contribution in [0.2, 0.25) is 0 Å². The van der Waals surface area contributed by atoms with Crippen LogP contribution in [0.5, 0.6) is 0 Å². The van der Waals surface area contributed by atoms with Gasteiger partial charge in [-0.2, -0.15) is 0 Å². The van der Waals surface area contributed by atoms with E-state index in [-0.39, 0.29) is 11.1 Å². The van der Waals surface area contributed by atoms with E-state index in [4.69, 9.17) is 4.74 Å². The van der Waals surface area contributed by atoms with Crippen molar-refractivity contribution in [1.82, 2.24) is 5.32 Å². The van der Waals surface area contributed by atoms with Crippen LogP contribution in [0, 0.1) is 0 Å². The molecule has 0 heterocycles. The predicted octanol–water partition coefficient (Wildman–Crippen LogP) is 1.94. The minimum absolute atomic E-state index is 0.108.